The Morgan fingerprint density at radius 1 is 1.42 bits per heavy atom. The number of carbonyl (C=O) groups excluding carboxylic acids is 3. The van der Waals surface area contributed by atoms with Gasteiger partial charge in [0, 0.05) is 0 Å². The molecule has 1 aliphatic heterocycles. The van der Waals surface area contributed by atoms with Crippen molar-refractivity contribution in [3.8, 4) is 11.5 Å². The summed E-state index contributed by atoms with van der Waals surface area (Å²) in [5.41, 5.74) is 0.594. The molecule has 0 bridgehead atoms. The van der Waals surface area contributed by atoms with Crippen molar-refractivity contribution in [1.82, 2.24) is 4.90 Å². The van der Waals surface area contributed by atoms with E-state index >= 15 is 0 Å². The summed E-state index contributed by atoms with van der Waals surface area (Å²) < 4.78 is 10.7. The average Bonchev–Trinajstić information content (AvgIpc) is 2.85. The molecule has 0 saturated carbocycles. The highest BCUT2D eigenvalue weighted by Crippen LogP contribution is 2.36. The minimum Gasteiger partial charge on any atom is -0.504 e. The van der Waals surface area contributed by atoms with E-state index in [9.17, 15) is 19.5 Å². The molecule has 1 aromatic carbocycles. The van der Waals surface area contributed by atoms with Gasteiger partial charge in [-0.3, -0.25) is 19.3 Å². The molecule has 0 unspecified atom stereocenters. The predicted octanol–water partition coefficient (Wildman–Crippen LogP) is 3.38. The van der Waals surface area contributed by atoms with Crippen LogP contribution >= 0.6 is 34.4 Å². The molecule has 1 aromatic rings. The Bertz CT molecular complexity index is 779. The number of hydrogen-bond donors (Lipinski definition) is 1. The standard InChI is InChI=1S/C17H18INO6S/c1-4-9(2)25-14(20)8-19-16(22)13(26-17(19)23)7-10-5-11(18)15(21)12(6-10)24-3/h5-7,9,21H,4,8H2,1-3H3/b13-7+/t9-/m1/s1. The van der Waals surface area contributed by atoms with Crippen molar-refractivity contribution in [3.63, 3.8) is 0 Å². The molecule has 7 nitrogen and oxygen atoms in total. The molecule has 140 valence electrons. The van der Waals surface area contributed by atoms with Gasteiger partial charge >= 0.3 is 5.97 Å². The molecule has 0 spiro atoms. The summed E-state index contributed by atoms with van der Waals surface area (Å²) in [6.07, 6.45) is 1.90. The first-order valence-electron chi connectivity index (χ1n) is 7.78. The number of rotatable bonds is 6. The summed E-state index contributed by atoms with van der Waals surface area (Å²) in [7, 11) is 1.42. The van der Waals surface area contributed by atoms with Crippen LogP contribution in [-0.2, 0) is 14.3 Å². The highest BCUT2D eigenvalue weighted by molar-refractivity contribution is 14.1. The van der Waals surface area contributed by atoms with Gasteiger partial charge in [0.2, 0.25) is 0 Å². The number of amides is 2. The van der Waals surface area contributed by atoms with E-state index in [0.717, 1.165) is 16.7 Å². The monoisotopic (exact) mass is 491 g/mol. The molecule has 1 heterocycles. The van der Waals surface area contributed by atoms with Gasteiger partial charge in [-0.15, -0.1) is 0 Å². The number of benzene rings is 1. The van der Waals surface area contributed by atoms with E-state index in [-0.39, 0.29) is 22.5 Å². The molecule has 0 radical (unpaired) electrons. The Morgan fingerprint density at radius 2 is 2.12 bits per heavy atom. The number of phenolic OH excluding ortho intramolecular Hbond substituents is 1. The largest absolute Gasteiger partial charge is 0.504 e. The van der Waals surface area contributed by atoms with E-state index in [1.165, 1.54) is 13.2 Å². The zero-order chi connectivity index (χ0) is 19.4. The third-order valence-electron chi connectivity index (χ3n) is 3.64. The summed E-state index contributed by atoms with van der Waals surface area (Å²) in [6, 6.07) is 3.21. The number of imide groups is 1. The smallest absolute Gasteiger partial charge is 0.326 e. The van der Waals surface area contributed by atoms with Crippen LogP contribution in [0.5, 0.6) is 11.5 Å². The number of methoxy groups -OCH3 is 1. The number of hydrogen-bond acceptors (Lipinski definition) is 7. The lowest BCUT2D eigenvalue weighted by molar-refractivity contribution is -0.150. The van der Waals surface area contributed by atoms with E-state index in [4.69, 9.17) is 9.47 Å². The molecule has 9 heteroatoms. The van der Waals surface area contributed by atoms with Crippen molar-refractivity contribution < 1.29 is 29.0 Å². The maximum Gasteiger partial charge on any atom is 0.326 e. The summed E-state index contributed by atoms with van der Waals surface area (Å²) in [6.45, 7) is 3.20. The van der Waals surface area contributed by atoms with Crippen LogP contribution in [0.2, 0.25) is 0 Å². The summed E-state index contributed by atoms with van der Waals surface area (Å²) in [5, 5.41) is 9.35. The van der Waals surface area contributed by atoms with Crippen molar-refractivity contribution in [1.29, 1.82) is 0 Å². The van der Waals surface area contributed by atoms with Gasteiger partial charge in [0.05, 0.1) is 21.7 Å². The van der Waals surface area contributed by atoms with E-state index < -0.39 is 23.7 Å². The third kappa shape index (κ3) is 4.70. The van der Waals surface area contributed by atoms with Crippen molar-refractivity contribution in [2.75, 3.05) is 13.7 Å². The third-order valence-corrected chi connectivity index (χ3v) is 5.37. The van der Waals surface area contributed by atoms with Crippen molar-refractivity contribution in [2.24, 2.45) is 0 Å². The molecule has 2 rings (SSSR count). The minimum atomic E-state index is -0.622. The van der Waals surface area contributed by atoms with Gasteiger partial charge < -0.3 is 14.6 Å². The van der Waals surface area contributed by atoms with Gasteiger partial charge in [0.1, 0.15) is 6.54 Å². The summed E-state index contributed by atoms with van der Waals surface area (Å²) in [4.78, 5) is 37.4. The Morgan fingerprint density at radius 3 is 2.73 bits per heavy atom. The first kappa shape index (κ1) is 20.6. The second-order valence-corrected chi connectivity index (χ2v) is 7.69. The second-order valence-electron chi connectivity index (χ2n) is 5.53. The number of halogens is 1. The van der Waals surface area contributed by atoms with Crippen LogP contribution in [-0.4, -0.2) is 46.9 Å². The van der Waals surface area contributed by atoms with E-state index in [2.05, 4.69) is 0 Å². The molecule has 26 heavy (non-hydrogen) atoms. The van der Waals surface area contributed by atoms with Gasteiger partial charge in [-0.1, -0.05) is 6.92 Å². The molecule has 2 amide bonds. The van der Waals surface area contributed by atoms with Gasteiger partial charge in [0.15, 0.2) is 11.5 Å². The minimum absolute atomic E-state index is 0.00569. The number of esters is 1. The van der Waals surface area contributed by atoms with Crippen LogP contribution in [0.25, 0.3) is 6.08 Å². The average molecular weight is 491 g/mol. The normalized spacial score (nSPS) is 16.9. The molecule has 1 N–H and O–H groups in total. The Balaban J connectivity index is 2.19. The maximum absolute atomic E-state index is 12.4. The topological polar surface area (TPSA) is 93.1 Å². The van der Waals surface area contributed by atoms with Gasteiger partial charge in [-0.2, -0.15) is 0 Å². The zero-order valence-corrected chi connectivity index (χ0v) is 17.4. The van der Waals surface area contributed by atoms with Crippen molar-refractivity contribution in [2.45, 2.75) is 26.4 Å². The number of thioether (sulfide) groups is 1. The lowest BCUT2D eigenvalue weighted by Crippen LogP contribution is -2.35. The van der Waals surface area contributed by atoms with Crippen LogP contribution in [0.4, 0.5) is 4.79 Å². The summed E-state index contributed by atoms with van der Waals surface area (Å²) in [5.74, 6) is -0.905. The first-order valence-corrected chi connectivity index (χ1v) is 9.67. The highest BCUT2D eigenvalue weighted by Gasteiger charge is 2.36. The van der Waals surface area contributed by atoms with Crippen LogP contribution in [0.3, 0.4) is 0 Å². The lowest BCUT2D eigenvalue weighted by Gasteiger charge is -2.14. The number of nitrogens with zero attached hydrogens (tertiary/aromatic N) is 1. The Labute approximate surface area is 168 Å². The molecule has 1 atom stereocenters. The fourth-order valence-corrected chi connectivity index (χ4v) is 3.56. The van der Waals surface area contributed by atoms with E-state index in [1.54, 1.807) is 19.1 Å². The fraction of sp³-hybridized carbons (Fsp3) is 0.353. The SMILES string of the molecule is CC[C@@H](C)OC(=O)CN1C(=O)S/C(=C/c2cc(I)c(O)c(OC)c2)C1=O. The fourth-order valence-electron chi connectivity index (χ4n) is 2.09. The van der Waals surface area contributed by atoms with E-state index in [1.807, 2.05) is 29.5 Å². The van der Waals surface area contributed by atoms with Crippen LogP contribution in [0.1, 0.15) is 25.8 Å². The number of carbonyl (C=O) groups is 3. The summed E-state index contributed by atoms with van der Waals surface area (Å²) >= 11 is 2.69. The van der Waals surface area contributed by atoms with Crippen molar-refractivity contribution in [3.05, 3.63) is 26.2 Å². The second kappa shape index (κ2) is 8.76. The van der Waals surface area contributed by atoms with Gasteiger partial charge in [-0.25, -0.2) is 0 Å². The van der Waals surface area contributed by atoms with Crippen molar-refractivity contribution >= 4 is 57.5 Å². The van der Waals surface area contributed by atoms with Crippen LogP contribution < -0.4 is 4.74 Å². The maximum atomic E-state index is 12.4. The molecule has 0 aliphatic carbocycles. The first-order chi connectivity index (χ1) is 12.3. The molecule has 0 aromatic heterocycles. The Hall–Kier alpha value is -1.75. The quantitative estimate of drug-likeness (QED) is 0.371. The van der Waals surface area contributed by atoms with E-state index in [0.29, 0.717) is 15.6 Å². The van der Waals surface area contributed by atoms with Gasteiger partial charge in [-0.05, 0) is 71.5 Å². The van der Waals surface area contributed by atoms with Crippen LogP contribution in [0, 0.1) is 3.57 Å². The lowest BCUT2D eigenvalue weighted by atomic mass is 10.2. The highest BCUT2D eigenvalue weighted by atomic mass is 127. The molecule has 1 aliphatic rings. The molecule has 1 saturated heterocycles. The number of aromatic hydroxyl groups is 1. The molecular weight excluding hydrogens is 473 g/mol. The number of ether oxygens (including phenoxy) is 2. The molecular formula is C17H18INO6S. The van der Waals surface area contributed by atoms with Gasteiger partial charge in [0.25, 0.3) is 11.1 Å². The zero-order valence-electron chi connectivity index (χ0n) is 14.4. The van der Waals surface area contributed by atoms with Crippen LogP contribution in [0.15, 0.2) is 17.0 Å². The molecule has 1 fully saturated rings. The number of phenols is 1. The Kier molecular flexibility index (Phi) is 6.93. The predicted molar refractivity (Wildman–Crippen MR) is 106 cm³/mol.